The molecule has 1 rings (SSSR count). The molecule has 0 aliphatic heterocycles. The first-order valence-corrected chi connectivity index (χ1v) is 4.19. The second-order valence-electron chi connectivity index (χ2n) is 2.53. The molecule has 1 aromatic rings. The SMILES string of the molecule is COc1nc(C(F)F)c(Cl)cc1CN. The van der Waals surface area contributed by atoms with Gasteiger partial charge in [-0.15, -0.1) is 0 Å². The standard InChI is InChI=1S/C8H9ClF2N2O/c1-14-8-4(3-12)2-5(9)6(13-8)7(10)11/h2,7H,3,12H2,1H3. The molecule has 0 radical (unpaired) electrons. The number of hydrogen-bond acceptors (Lipinski definition) is 3. The molecule has 2 N–H and O–H groups in total. The topological polar surface area (TPSA) is 48.1 Å². The monoisotopic (exact) mass is 222 g/mol. The van der Waals surface area contributed by atoms with Gasteiger partial charge in [-0.25, -0.2) is 13.8 Å². The predicted octanol–water partition coefficient (Wildman–Crippen LogP) is 2.14. The maximum absolute atomic E-state index is 12.3. The summed E-state index contributed by atoms with van der Waals surface area (Å²) in [5.41, 5.74) is 5.37. The Morgan fingerprint density at radius 2 is 2.29 bits per heavy atom. The zero-order valence-electron chi connectivity index (χ0n) is 7.43. The molecule has 14 heavy (non-hydrogen) atoms. The van der Waals surface area contributed by atoms with Crippen molar-refractivity contribution < 1.29 is 13.5 Å². The van der Waals surface area contributed by atoms with Crippen molar-refractivity contribution in [2.75, 3.05) is 7.11 Å². The van der Waals surface area contributed by atoms with E-state index >= 15 is 0 Å². The Kier molecular flexibility index (Phi) is 3.60. The quantitative estimate of drug-likeness (QED) is 0.853. The first-order valence-electron chi connectivity index (χ1n) is 3.81. The molecule has 1 aromatic heterocycles. The third-order valence-corrected chi connectivity index (χ3v) is 1.97. The molecule has 0 bridgehead atoms. The number of ether oxygens (including phenoxy) is 1. The van der Waals surface area contributed by atoms with Gasteiger partial charge in [0.1, 0.15) is 5.69 Å². The zero-order chi connectivity index (χ0) is 10.7. The summed E-state index contributed by atoms with van der Waals surface area (Å²) in [6, 6.07) is 1.34. The minimum atomic E-state index is -2.72. The van der Waals surface area contributed by atoms with Gasteiger partial charge in [0.05, 0.1) is 12.1 Å². The van der Waals surface area contributed by atoms with E-state index in [0.717, 1.165) is 0 Å². The zero-order valence-corrected chi connectivity index (χ0v) is 8.18. The Balaban J connectivity index is 3.23. The molecule has 0 atom stereocenters. The van der Waals surface area contributed by atoms with Crippen molar-refractivity contribution in [2.45, 2.75) is 13.0 Å². The van der Waals surface area contributed by atoms with E-state index in [1.807, 2.05) is 0 Å². The summed E-state index contributed by atoms with van der Waals surface area (Å²) in [6.45, 7) is 0.138. The fourth-order valence-electron chi connectivity index (χ4n) is 0.999. The van der Waals surface area contributed by atoms with E-state index in [0.29, 0.717) is 5.56 Å². The van der Waals surface area contributed by atoms with Gasteiger partial charge in [0.2, 0.25) is 5.88 Å². The first kappa shape index (κ1) is 11.1. The van der Waals surface area contributed by atoms with Gasteiger partial charge in [-0.05, 0) is 6.07 Å². The van der Waals surface area contributed by atoms with Gasteiger partial charge in [0, 0.05) is 12.1 Å². The van der Waals surface area contributed by atoms with Crippen molar-refractivity contribution in [2.24, 2.45) is 5.73 Å². The van der Waals surface area contributed by atoms with Crippen LogP contribution in [0.1, 0.15) is 17.7 Å². The largest absolute Gasteiger partial charge is 0.481 e. The molecule has 1 heterocycles. The molecule has 0 unspecified atom stereocenters. The van der Waals surface area contributed by atoms with Crippen LogP contribution in [0.15, 0.2) is 6.07 Å². The van der Waals surface area contributed by atoms with Crippen molar-refractivity contribution >= 4 is 11.6 Å². The van der Waals surface area contributed by atoms with Gasteiger partial charge in [-0.2, -0.15) is 0 Å². The number of halogens is 3. The predicted molar refractivity (Wildman–Crippen MR) is 48.6 cm³/mol. The second-order valence-corrected chi connectivity index (χ2v) is 2.94. The third-order valence-electron chi connectivity index (χ3n) is 1.66. The molecule has 78 valence electrons. The van der Waals surface area contributed by atoms with Gasteiger partial charge < -0.3 is 10.5 Å². The van der Waals surface area contributed by atoms with Gasteiger partial charge in [-0.1, -0.05) is 11.6 Å². The summed E-state index contributed by atoms with van der Waals surface area (Å²) in [5.74, 6) is 0.0900. The van der Waals surface area contributed by atoms with Crippen molar-refractivity contribution in [3.05, 3.63) is 22.3 Å². The fraction of sp³-hybridized carbons (Fsp3) is 0.375. The van der Waals surface area contributed by atoms with Crippen molar-refractivity contribution in [3.8, 4) is 5.88 Å². The van der Waals surface area contributed by atoms with Crippen LogP contribution in [0.4, 0.5) is 8.78 Å². The molecular formula is C8H9ClF2N2O. The van der Waals surface area contributed by atoms with E-state index in [4.69, 9.17) is 22.1 Å². The molecule has 0 aliphatic carbocycles. The Hall–Kier alpha value is -0.940. The number of rotatable bonds is 3. The van der Waals surface area contributed by atoms with Crippen LogP contribution < -0.4 is 10.5 Å². The minimum absolute atomic E-state index is 0.0900. The fourth-order valence-corrected chi connectivity index (χ4v) is 1.26. The van der Waals surface area contributed by atoms with Gasteiger partial charge in [0.15, 0.2) is 0 Å². The first-order chi connectivity index (χ1) is 6.60. The van der Waals surface area contributed by atoms with E-state index in [9.17, 15) is 8.78 Å². The highest BCUT2D eigenvalue weighted by Gasteiger charge is 2.17. The molecule has 0 saturated heterocycles. The maximum Gasteiger partial charge on any atom is 0.281 e. The van der Waals surface area contributed by atoms with Crippen molar-refractivity contribution in [3.63, 3.8) is 0 Å². The number of alkyl halides is 2. The number of pyridine rings is 1. The highest BCUT2D eigenvalue weighted by molar-refractivity contribution is 6.31. The molecule has 3 nitrogen and oxygen atoms in total. The van der Waals surface area contributed by atoms with Crippen LogP contribution in [0, 0.1) is 0 Å². The van der Waals surface area contributed by atoms with Crippen LogP contribution in [-0.2, 0) is 6.54 Å². The lowest BCUT2D eigenvalue weighted by molar-refractivity contribution is 0.145. The highest BCUT2D eigenvalue weighted by Crippen LogP contribution is 2.29. The number of nitrogens with zero attached hydrogens (tertiary/aromatic N) is 1. The summed E-state index contributed by atoms with van der Waals surface area (Å²) in [4.78, 5) is 3.58. The molecular weight excluding hydrogens is 214 g/mol. The maximum atomic E-state index is 12.3. The third kappa shape index (κ3) is 2.10. The molecule has 0 amide bonds. The summed E-state index contributed by atoms with van der Waals surface area (Å²) >= 11 is 5.58. The average Bonchev–Trinajstić information content (AvgIpc) is 2.16. The lowest BCUT2D eigenvalue weighted by Crippen LogP contribution is -2.04. The van der Waals surface area contributed by atoms with E-state index in [1.54, 1.807) is 0 Å². The second kappa shape index (κ2) is 4.52. The smallest absolute Gasteiger partial charge is 0.281 e. The van der Waals surface area contributed by atoms with Crippen molar-refractivity contribution in [1.29, 1.82) is 0 Å². The Morgan fingerprint density at radius 1 is 1.64 bits per heavy atom. The van der Waals surface area contributed by atoms with Crippen LogP contribution in [0.3, 0.4) is 0 Å². The van der Waals surface area contributed by atoms with Crippen LogP contribution in [-0.4, -0.2) is 12.1 Å². The molecule has 6 heteroatoms. The summed E-state index contributed by atoms with van der Waals surface area (Å²) in [5, 5.41) is -0.0961. The summed E-state index contributed by atoms with van der Waals surface area (Å²) in [7, 11) is 1.34. The Labute approximate surface area is 84.8 Å². The van der Waals surface area contributed by atoms with Gasteiger partial charge >= 0.3 is 0 Å². The molecule has 0 aliphatic rings. The van der Waals surface area contributed by atoms with E-state index in [1.165, 1.54) is 13.2 Å². The molecule has 0 aromatic carbocycles. The van der Waals surface area contributed by atoms with E-state index in [-0.39, 0.29) is 17.4 Å². The number of nitrogens with two attached hydrogens (primary N) is 1. The lowest BCUT2D eigenvalue weighted by atomic mass is 10.2. The van der Waals surface area contributed by atoms with E-state index < -0.39 is 12.1 Å². The van der Waals surface area contributed by atoms with Crippen LogP contribution in [0.5, 0.6) is 5.88 Å². The Morgan fingerprint density at radius 3 is 2.71 bits per heavy atom. The van der Waals surface area contributed by atoms with E-state index in [2.05, 4.69) is 4.98 Å². The van der Waals surface area contributed by atoms with Crippen LogP contribution >= 0.6 is 11.6 Å². The highest BCUT2D eigenvalue weighted by atomic mass is 35.5. The average molecular weight is 223 g/mol. The number of hydrogen-bond donors (Lipinski definition) is 1. The molecule has 0 saturated carbocycles. The van der Waals surface area contributed by atoms with Crippen LogP contribution in [0.25, 0.3) is 0 Å². The molecule has 0 fully saturated rings. The minimum Gasteiger partial charge on any atom is -0.481 e. The summed E-state index contributed by atoms with van der Waals surface area (Å²) in [6.07, 6.45) is -2.72. The summed E-state index contributed by atoms with van der Waals surface area (Å²) < 4.78 is 29.5. The lowest BCUT2D eigenvalue weighted by Gasteiger charge is -2.09. The number of methoxy groups -OCH3 is 1. The van der Waals surface area contributed by atoms with Crippen LogP contribution in [0.2, 0.25) is 5.02 Å². The van der Waals surface area contributed by atoms with Gasteiger partial charge in [0.25, 0.3) is 6.43 Å². The van der Waals surface area contributed by atoms with Gasteiger partial charge in [-0.3, -0.25) is 0 Å². The number of aromatic nitrogens is 1. The van der Waals surface area contributed by atoms with Crippen molar-refractivity contribution in [1.82, 2.24) is 4.98 Å². The normalized spacial score (nSPS) is 10.7. The molecule has 0 spiro atoms. The Bertz CT molecular complexity index is 333.